The van der Waals surface area contributed by atoms with Crippen LogP contribution < -0.4 is 0 Å². The molecule has 0 spiro atoms. The number of Topliss-reactive ketones (excluding diaryl/α,β-unsaturated/α-hetero) is 1. The zero-order chi connectivity index (χ0) is 38.2. The highest BCUT2D eigenvalue weighted by atomic mass is 16.6. The molecule has 0 aromatic carbocycles. The number of ketones is 1. The van der Waals surface area contributed by atoms with Gasteiger partial charge in [0, 0.05) is 31.2 Å². The lowest BCUT2D eigenvalue weighted by Crippen LogP contribution is -2.36. The maximum atomic E-state index is 13.8. The van der Waals surface area contributed by atoms with Gasteiger partial charge in [-0.05, 0) is 58.5 Å². The Morgan fingerprint density at radius 1 is 0.577 bits per heavy atom. The Bertz CT molecular complexity index is 861. The number of hydrogen-bond donors (Lipinski definition) is 0. The third-order valence-electron chi connectivity index (χ3n) is 11.5. The standard InChI is InChI=1S/C46H87NO5/c1-7-11-15-19-21-25-29-33-43(48)41-37-40(41)42(44(35-36-47(5)6)52-45(49)34-30-26-22-20-16-12-8-2)38-51-46(50)39(31-27-23-17-13-9-3)32-28-24-18-14-10-4/h39-42,44H,7-38H2,1-6H3. The molecule has 0 heterocycles. The van der Waals surface area contributed by atoms with Gasteiger partial charge in [0.2, 0.25) is 0 Å². The third-order valence-corrected chi connectivity index (χ3v) is 11.5. The molecular weight excluding hydrogens is 647 g/mol. The van der Waals surface area contributed by atoms with Gasteiger partial charge in [-0.1, -0.05) is 169 Å². The summed E-state index contributed by atoms with van der Waals surface area (Å²) in [6, 6.07) is 0. The van der Waals surface area contributed by atoms with E-state index in [0.29, 0.717) is 25.0 Å². The summed E-state index contributed by atoms with van der Waals surface area (Å²) in [6.07, 6.45) is 32.4. The fraction of sp³-hybridized carbons (Fsp3) is 0.935. The van der Waals surface area contributed by atoms with Crippen LogP contribution in [0.25, 0.3) is 0 Å². The zero-order valence-electron chi connectivity index (χ0n) is 35.5. The fourth-order valence-corrected chi connectivity index (χ4v) is 7.87. The van der Waals surface area contributed by atoms with Crippen LogP contribution in [0.1, 0.15) is 220 Å². The quantitative estimate of drug-likeness (QED) is 0.0465. The van der Waals surface area contributed by atoms with E-state index in [1.165, 1.54) is 116 Å². The summed E-state index contributed by atoms with van der Waals surface area (Å²) in [5.41, 5.74) is 0. The van der Waals surface area contributed by atoms with Crippen molar-refractivity contribution < 1.29 is 23.9 Å². The van der Waals surface area contributed by atoms with Gasteiger partial charge in [-0.25, -0.2) is 0 Å². The number of rotatable bonds is 38. The van der Waals surface area contributed by atoms with Crippen LogP contribution in [0.4, 0.5) is 0 Å². The monoisotopic (exact) mass is 734 g/mol. The number of ether oxygens (including phenoxy) is 2. The second kappa shape index (κ2) is 33.0. The van der Waals surface area contributed by atoms with E-state index in [2.05, 4.69) is 32.6 Å². The first kappa shape index (κ1) is 48.6. The lowest BCUT2D eigenvalue weighted by molar-refractivity contribution is -0.159. The van der Waals surface area contributed by atoms with Gasteiger partial charge >= 0.3 is 11.9 Å². The van der Waals surface area contributed by atoms with Crippen molar-refractivity contribution in [2.75, 3.05) is 27.2 Å². The van der Waals surface area contributed by atoms with E-state index in [9.17, 15) is 14.4 Å². The van der Waals surface area contributed by atoms with Crippen LogP contribution in [0.3, 0.4) is 0 Å². The molecule has 52 heavy (non-hydrogen) atoms. The molecule has 1 aliphatic rings. The zero-order valence-corrected chi connectivity index (χ0v) is 35.5. The molecule has 0 N–H and O–H groups in total. The van der Waals surface area contributed by atoms with E-state index >= 15 is 0 Å². The van der Waals surface area contributed by atoms with E-state index in [0.717, 1.165) is 64.3 Å². The maximum Gasteiger partial charge on any atom is 0.308 e. The first-order valence-corrected chi connectivity index (χ1v) is 22.8. The minimum Gasteiger partial charge on any atom is -0.465 e. The highest BCUT2D eigenvalue weighted by Crippen LogP contribution is 2.48. The highest BCUT2D eigenvalue weighted by molar-refractivity contribution is 5.83. The van der Waals surface area contributed by atoms with Crippen LogP contribution in [0, 0.1) is 23.7 Å². The van der Waals surface area contributed by atoms with Crippen molar-refractivity contribution in [1.29, 1.82) is 0 Å². The molecule has 0 aliphatic heterocycles. The molecule has 0 radical (unpaired) electrons. The molecule has 4 unspecified atom stereocenters. The number of hydrogen-bond acceptors (Lipinski definition) is 6. The van der Waals surface area contributed by atoms with E-state index in [1.54, 1.807) is 0 Å². The van der Waals surface area contributed by atoms with E-state index < -0.39 is 0 Å². The Labute approximate surface area is 323 Å². The summed E-state index contributed by atoms with van der Waals surface area (Å²) in [5.74, 6) is 0.0382. The van der Waals surface area contributed by atoms with Crippen LogP contribution in [0.5, 0.6) is 0 Å². The second-order valence-electron chi connectivity index (χ2n) is 16.7. The topological polar surface area (TPSA) is 72.9 Å². The van der Waals surface area contributed by atoms with E-state index in [4.69, 9.17) is 9.47 Å². The maximum absolute atomic E-state index is 13.8. The highest BCUT2D eigenvalue weighted by Gasteiger charge is 2.50. The normalized spacial score (nSPS) is 16.7. The molecular formula is C46H87NO5. The summed E-state index contributed by atoms with van der Waals surface area (Å²) < 4.78 is 12.6. The Morgan fingerprint density at radius 3 is 1.50 bits per heavy atom. The van der Waals surface area contributed by atoms with Crippen LogP contribution in [0.15, 0.2) is 0 Å². The number of carbonyl (C=O) groups excluding carboxylic acids is 3. The van der Waals surface area contributed by atoms with Crippen LogP contribution in [-0.4, -0.2) is 56.0 Å². The molecule has 6 heteroatoms. The lowest BCUT2D eigenvalue weighted by Gasteiger charge is -2.29. The van der Waals surface area contributed by atoms with Crippen molar-refractivity contribution >= 4 is 17.7 Å². The van der Waals surface area contributed by atoms with Crippen molar-refractivity contribution in [2.24, 2.45) is 23.7 Å². The largest absolute Gasteiger partial charge is 0.465 e. The van der Waals surface area contributed by atoms with E-state index in [1.807, 2.05) is 14.1 Å². The third kappa shape index (κ3) is 24.8. The van der Waals surface area contributed by atoms with Gasteiger partial charge in [-0.3, -0.25) is 14.4 Å². The first-order valence-electron chi connectivity index (χ1n) is 22.8. The molecule has 1 aliphatic carbocycles. The lowest BCUT2D eigenvalue weighted by atomic mass is 9.91. The Kier molecular flexibility index (Phi) is 30.8. The van der Waals surface area contributed by atoms with Gasteiger partial charge in [-0.15, -0.1) is 0 Å². The Morgan fingerprint density at radius 2 is 1.02 bits per heavy atom. The smallest absolute Gasteiger partial charge is 0.308 e. The van der Waals surface area contributed by atoms with Crippen molar-refractivity contribution in [3.05, 3.63) is 0 Å². The van der Waals surface area contributed by atoms with Crippen LogP contribution in [0.2, 0.25) is 0 Å². The molecule has 0 saturated heterocycles. The van der Waals surface area contributed by atoms with Gasteiger partial charge in [0.25, 0.3) is 0 Å². The molecule has 0 aromatic heterocycles. The molecule has 1 fully saturated rings. The molecule has 0 aromatic rings. The molecule has 0 bridgehead atoms. The Hall–Kier alpha value is -1.43. The van der Waals surface area contributed by atoms with Crippen molar-refractivity contribution in [3.8, 4) is 0 Å². The number of carbonyl (C=O) groups is 3. The molecule has 6 nitrogen and oxygen atoms in total. The minimum absolute atomic E-state index is 0.000371. The average molecular weight is 734 g/mol. The summed E-state index contributed by atoms with van der Waals surface area (Å²) in [7, 11) is 4.09. The predicted octanol–water partition coefficient (Wildman–Crippen LogP) is 12.8. The van der Waals surface area contributed by atoms with Gasteiger partial charge in [0.15, 0.2) is 0 Å². The van der Waals surface area contributed by atoms with Crippen molar-refractivity contribution in [3.63, 3.8) is 0 Å². The average Bonchev–Trinajstić information content (AvgIpc) is 3.92. The molecule has 1 saturated carbocycles. The van der Waals surface area contributed by atoms with Gasteiger partial charge in [-0.2, -0.15) is 0 Å². The molecule has 1 rings (SSSR count). The number of nitrogens with zero attached hydrogens (tertiary/aromatic N) is 1. The summed E-state index contributed by atoms with van der Waals surface area (Å²) in [6.45, 7) is 9.97. The van der Waals surface area contributed by atoms with Crippen LogP contribution >= 0.6 is 0 Å². The molecule has 4 atom stereocenters. The fourth-order valence-electron chi connectivity index (χ4n) is 7.87. The number of esters is 2. The molecule has 306 valence electrons. The van der Waals surface area contributed by atoms with Crippen molar-refractivity contribution in [2.45, 2.75) is 226 Å². The summed E-state index contributed by atoms with van der Waals surface area (Å²) in [5, 5.41) is 0. The Balaban J connectivity index is 2.99. The van der Waals surface area contributed by atoms with Gasteiger partial charge in [0.1, 0.15) is 11.9 Å². The van der Waals surface area contributed by atoms with Crippen LogP contribution in [-0.2, 0) is 23.9 Å². The number of unbranched alkanes of at least 4 members (excludes halogenated alkanes) is 20. The SMILES string of the molecule is CCCCCCCCCC(=O)OC(CCN(C)C)C(COC(=O)C(CCCCCCC)CCCCCCC)C1CC1C(=O)CCCCCCCCC. The van der Waals surface area contributed by atoms with Gasteiger partial charge < -0.3 is 14.4 Å². The second-order valence-corrected chi connectivity index (χ2v) is 16.7. The van der Waals surface area contributed by atoms with Crippen molar-refractivity contribution in [1.82, 2.24) is 4.90 Å². The summed E-state index contributed by atoms with van der Waals surface area (Å²) in [4.78, 5) is 42.6. The predicted molar refractivity (Wildman–Crippen MR) is 220 cm³/mol. The molecule has 0 amide bonds. The summed E-state index contributed by atoms with van der Waals surface area (Å²) >= 11 is 0. The van der Waals surface area contributed by atoms with Gasteiger partial charge in [0.05, 0.1) is 12.5 Å². The van der Waals surface area contributed by atoms with E-state index in [-0.39, 0.29) is 48.3 Å². The minimum atomic E-state index is -0.352. The first-order chi connectivity index (χ1) is 25.3.